The Labute approximate surface area is 114 Å². The van der Waals surface area contributed by atoms with Crippen molar-refractivity contribution in [1.29, 1.82) is 0 Å². The zero-order valence-corrected chi connectivity index (χ0v) is 11.7. The molecule has 1 aliphatic rings. The molecular weight excluding hydrogens is 240 g/mol. The molecule has 0 amide bonds. The van der Waals surface area contributed by atoms with E-state index in [2.05, 4.69) is 22.0 Å². The van der Waals surface area contributed by atoms with Crippen LogP contribution in [0.4, 0.5) is 0 Å². The fourth-order valence-electron chi connectivity index (χ4n) is 2.56. The van der Waals surface area contributed by atoms with E-state index in [1.807, 2.05) is 6.07 Å². The maximum atomic E-state index is 11.3. The van der Waals surface area contributed by atoms with Crippen LogP contribution in [0, 0.1) is 5.41 Å². The first-order valence-electron chi connectivity index (χ1n) is 6.93. The van der Waals surface area contributed by atoms with E-state index in [0.29, 0.717) is 11.0 Å². The van der Waals surface area contributed by atoms with Gasteiger partial charge in [0.2, 0.25) is 0 Å². The molecule has 0 radical (unpaired) electrons. The highest BCUT2D eigenvalue weighted by atomic mass is 16.5. The monoisotopic (exact) mass is 262 g/mol. The van der Waals surface area contributed by atoms with Crippen LogP contribution < -0.4 is 5.32 Å². The van der Waals surface area contributed by atoms with Crippen molar-refractivity contribution in [3.8, 4) is 0 Å². The Morgan fingerprint density at radius 3 is 2.74 bits per heavy atom. The van der Waals surface area contributed by atoms with Gasteiger partial charge in [-0.1, -0.05) is 13.3 Å². The van der Waals surface area contributed by atoms with E-state index in [1.54, 1.807) is 12.3 Å². The Kier molecular flexibility index (Phi) is 4.53. The van der Waals surface area contributed by atoms with Crippen molar-refractivity contribution >= 4 is 5.97 Å². The highest BCUT2D eigenvalue weighted by Crippen LogP contribution is 2.43. The minimum atomic E-state index is -0.341. The molecule has 1 aromatic heterocycles. The molecule has 2 rings (SSSR count). The van der Waals surface area contributed by atoms with E-state index in [1.165, 1.54) is 32.8 Å². The maximum absolute atomic E-state index is 11.3. The van der Waals surface area contributed by atoms with Crippen LogP contribution >= 0.6 is 0 Å². The van der Waals surface area contributed by atoms with Crippen molar-refractivity contribution in [2.45, 2.75) is 39.2 Å². The molecule has 19 heavy (non-hydrogen) atoms. The molecule has 1 fully saturated rings. The Morgan fingerprint density at radius 1 is 1.47 bits per heavy atom. The summed E-state index contributed by atoms with van der Waals surface area (Å²) < 4.78 is 4.64. The summed E-state index contributed by atoms with van der Waals surface area (Å²) in [5.74, 6) is -0.341. The van der Waals surface area contributed by atoms with Gasteiger partial charge in [-0.3, -0.25) is 4.98 Å². The van der Waals surface area contributed by atoms with Crippen LogP contribution in [0.25, 0.3) is 0 Å². The number of esters is 1. The lowest BCUT2D eigenvalue weighted by Crippen LogP contribution is -2.39. The summed E-state index contributed by atoms with van der Waals surface area (Å²) in [6, 6.07) is 3.63. The summed E-state index contributed by atoms with van der Waals surface area (Å²) in [4.78, 5) is 15.6. The van der Waals surface area contributed by atoms with Gasteiger partial charge in [-0.25, -0.2) is 4.79 Å². The second kappa shape index (κ2) is 6.15. The van der Waals surface area contributed by atoms with Crippen LogP contribution in [0.5, 0.6) is 0 Å². The van der Waals surface area contributed by atoms with Crippen molar-refractivity contribution in [2.24, 2.45) is 5.41 Å². The number of carbonyl (C=O) groups is 1. The fourth-order valence-corrected chi connectivity index (χ4v) is 2.56. The number of nitrogens with one attached hydrogen (secondary N) is 1. The average Bonchev–Trinajstić information content (AvgIpc) is 2.41. The normalized spacial score (nSPS) is 16.7. The molecule has 0 bridgehead atoms. The zero-order valence-electron chi connectivity index (χ0n) is 11.7. The van der Waals surface area contributed by atoms with Crippen molar-refractivity contribution in [1.82, 2.24) is 10.3 Å². The molecule has 0 aliphatic heterocycles. The van der Waals surface area contributed by atoms with Crippen LogP contribution in [-0.4, -0.2) is 24.6 Å². The lowest BCUT2D eigenvalue weighted by molar-refractivity contribution is 0.0600. The molecule has 1 aromatic rings. The molecule has 1 aliphatic carbocycles. The number of methoxy groups -OCH3 is 1. The number of nitrogens with zero attached hydrogens (tertiary/aromatic N) is 1. The zero-order chi connectivity index (χ0) is 13.7. The van der Waals surface area contributed by atoms with Gasteiger partial charge in [0.25, 0.3) is 0 Å². The molecule has 4 nitrogen and oxygen atoms in total. The second-order valence-electron chi connectivity index (χ2n) is 5.34. The Balaban J connectivity index is 1.81. The van der Waals surface area contributed by atoms with Gasteiger partial charge in [0.1, 0.15) is 0 Å². The van der Waals surface area contributed by atoms with Gasteiger partial charge in [0.05, 0.1) is 18.4 Å². The van der Waals surface area contributed by atoms with Crippen molar-refractivity contribution in [3.63, 3.8) is 0 Å². The molecular formula is C15H22N2O2. The average molecular weight is 262 g/mol. The number of hydrogen-bond donors (Lipinski definition) is 1. The topological polar surface area (TPSA) is 51.2 Å². The highest BCUT2D eigenvalue weighted by molar-refractivity contribution is 5.88. The van der Waals surface area contributed by atoms with E-state index < -0.39 is 0 Å². The van der Waals surface area contributed by atoms with Gasteiger partial charge >= 0.3 is 5.97 Å². The SMILES string of the molecule is CCC1(CNCc2ccc(C(=O)OC)cn2)CCC1. The Hall–Kier alpha value is -1.42. The smallest absolute Gasteiger partial charge is 0.339 e. The number of ether oxygens (including phenoxy) is 1. The lowest BCUT2D eigenvalue weighted by atomic mass is 9.67. The van der Waals surface area contributed by atoms with Gasteiger partial charge in [-0.2, -0.15) is 0 Å². The number of pyridine rings is 1. The first kappa shape index (κ1) is 14.0. The van der Waals surface area contributed by atoms with E-state index in [4.69, 9.17) is 0 Å². The first-order valence-corrected chi connectivity index (χ1v) is 6.93. The van der Waals surface area contributed by atoms with E-state index in [0.717, 1.165) is 18.8 Å². The second-order valence-corrected chi connectivity index (χ2v) is 5.34. The van der Waals surface area contributed by atoms with Crippen LogP contribution in [0.3, 0.4) is 0 Å². The molecule has 0 saturated heterocycles. The van der Waals surface area contributed by atoms with Gasteiger partial charge in [0, 0.05) is 19.3 Å². The molecule has 0 atom stereocenters. The number of carbonyl (C=O) groups excluding carboxylic acids is 1. The van der Waals surface area contributed by atoms with Crippen molar-refractivity contribution in [3.05, 3.63) is 29.6 Å². The van der Waals surface area contributed by atoms with E-state index >= 15 is 0 Å². The summed E-state index contributed by atoms with van der Waals surface area (Å²) in [6.45, 7) is 4.08. The predicted octanol–water partition coefficient (Wildman–Crippen LogP) is 2.54. The fraction of sp³-hybridized carbons (Fsp3) is 0.600. The van der Waals surface area contributed by atoms with Gasteiger partial charge in [-0.05, 0) is 36.8 Å². The van der Waals surface area contributed by atoms with Crippen LogP contribution in [0.2, 0.25) is 0 Å². The van der Waals surface area contributed by atoms with E-state index in [9.17, 15) is 4.79 Å². The lowest BCUT2D eigenvalue weighted by Gasteiger charge is -2.41. The molecule has 1 saturated carbocycles. The van der Waals surface area contributed by atoms with Crippen LogP contribution in [0.15, 0.2) is 18.3 Å². The molecule has 1 N–H and O–H groups in total. The molecule has 0 aromatic carbocycles. The Bertz CT molecular complexity index is 419. The first-order chi connectivity index (χ1) is 9.19. The molecule has 1 heterocycles. The summed E-state index contributed by atoms with van der Waals surface area (Å²) in [5.41, 5.74) is 1.97. The van der Waals surface area contributed by atoms with Gasteiger partial charge in [-0.15, -0.1) is 0 Å². The number of rotatable bonds is 6. The molecule has 0 unspecified atom stereocenters. The minimum absolute atomic E-state index is 0.341. The third-order valence-corrected chi connectivity index (χ3v) is 4.22. The number of aromatic nitrogens is 1. The van der Waals surface area contributed by atoms with Crippen LogP contribution in [0.1, 0.15) is 48.7 Å². The summed E-state index contributed by atoms with van der Waals surface area (Å²) >= 11 is 0. The van der Waals surface area contributed by atoms with Gasteiger partial charge in [0.15, 0.2) is 0 Å². The quantitative estimate of drug-likeness (QED) is 0.800. The summed E-state index contributed by atoms with van der Waals surface area (Å²) in [5, 5.41) is 3.48. The highest BCUT2D eigenvalue weighted by Gasteiger charge is 2.34. The third-order valence-electron chi connectivity index (χ3n) is 4.22. The third kappa shape index (κ3) is 3.32. The van der Waals surface area contributed by atoms with Crippen molar-refractivity contribution < 1.29 is 9.53 Å². The van der Waals surface area contributed by atoms with Crippen molar-refractivity contribution in [2.75, 3.05) is 13.7 Å². The molecule has 4 heteroatoms. The largest absolute Gasteiger partial charge is 0.465 e. The molecule has 0 spiro atoms. The number of hydrogen-bond acceptors (Lipinski definition) is 4. The maximum Gasteiger partial charge on any atom is 0.339 e. The molecule has 104 valence electrons. The van der Waals surface area contributed by atoms with E-state index in [-0.39, 0.29) is 5.97 Å². The minimum Gasteiger partial charge on any atom is -0.465 e. The van der Waals surface area contributed by atoms with Gasteiger partial charge < -0.3 is 10.1 Å². The summed E-state index contributed by atoms with van der Waals surface area (Å²) in [6.07, 6.45) is 6.86. The van der Waals surface area contributed by atoms with Crippen LogP contribution in [-0.2, 0) is 11.3 Å². The predicted molar refractivity (Wildman–Crippen MR) is 73.9 cm³/mol. The standard InChI is InChI=1S/C15H22N2O2/c1-3-15(7-4-8-15)11-16-10-13-6-5-12(9-17-13)14(18)19-2/h5-6,9,16H,3-4,7-8,10-11H2,1-2H3. The Morgan fingerprint density at radius 2 is 2.26 bits per heavy atom. The summed E-state index contributed by atoms with van der Waals surface area (Å²) in [7, 11) is 1.38.